The molecule has 0 saturated carbocycles. The van der Waals surface area contributed by atoms with E-state index in [0.717, 1.165) is 0 Å². The van der Waals surface area contributed by atoms with Crippen LogP contribution >= 0.6 is 0 Å². The molecule has 0 fully saturated rings. The van der Waals surface area contributed by atoms with Crippen molar-refractivity contribution in [3.8, 4) is 0 Å². The van der Waals surface area contributed by atoms with E-state index < -0.39 is 72.2 Å². The van der Waals surface area contributed by atoms with Crippen LogP contribution in [-0.2, 0) is 28.8 Å². The zero-order valence-corrected chi connectivity index (χ0v) is 19.0. The van der Waals surface area contributed by atoms with Crippen LogP contribution in [-0.4, -0.2) is 82.5 Å². The third-order valence-electron chi connectivity index (χ3n) is 4.73. The van der Waals surface area contributed by atoms with Gasteiger partial charge in [0.2, 0.25) is 29.5 Å². The molecule has 0 rings (SSSR count). The van der Waals surface area contributed by atoms with Crippen molar-refractivity contribution in [3.05, 3.63) is 0 Å². The summed E-state index contributed by atoms with van der Waals surface area (Å²) < 4.78 is 0. The number of carboxylic acid groups (broad SMARTS) is 1. The Balaban J connectivity index is 5.55. The number of primary amides is 2. The van der Waals surface area contributed by atoms with Crippen molar-refractivity contribution in [2.24, 2.45) is 22.9 Å². The normalized spacial score (nSPS) is 15.2. The first-order valence-electron chi connectivity index (χ1n) is 10.6. The summed E-state index contributed by atoms with van der Waals surface area (Å²) in [5.41, 5.74) is 21.1. The number of carboxylic acids is 1. The van der Waals surface area contributed by atoms with Gasteiger partial charge in [0.15, 0.2) is 0 Å². The molecule has 15 heteroatoms. The fraction of sp³-hybridized carbons (Fsp3) is 0.684. The maximum absolute atomic E-state index is 12.7. The molecule has 0 aromatic rings. The molecule has 0 aliphatic carbocycles. The van der Waals surface area contributed by atoms with E-state index in [0.29, 0.717) is 19.4 Å². The number of nitrogens with one attached hydrogen (secondary N) is 3. The third-order valence-corrected chi connectivity index (χ3v) is 4.73. The molecule has 0 aliphatic heterocycles. The van der Waals surface area contributed by atoms with Gasteiger partial charge in [-0.15, -0.1) is 0 Å². The molecule has 5 amide bonds. The summed E-state index contributed by atoms with van der Waals surface area (Å²) in [6.07, 6.45) is -1.52. The van der Waals surface area contributed by atoms with Crippen LogP contribution in [0.2, 0.25) is 0 Å². The first-order valence-corrected chi connectivity index (χ1v) is 10.6. The second kappa shape index (κ2) is 15.5. The highest BCUT2D eigenvalue weighted by molar-refractivity contribution is 5.96. The van der Waals surface area contributed by atoms with Gasteiger partial charge >= 0.3 is 5.97 Å². The molecule has 0 heterocycles. The summed E-state index contributed by atoms with van der Waals surface area (Å²) in [5, 5.41) is 25.5. The van der Waals surface area contributed by atoms with Gasteiger partial charge in [0.25, 0.3) is 0 Å². The second-order valence-corrected chi connectivity index (χ2v) is 7.75. The summed E-state index contributed by atoms with van der Waals surface area (Å²) in [4.78, 5) is 71.6. The number of unbranched alkanes of at least 4 members (excludes halogenated alkanes) is 1. The summed E-state index contributed by atoms with van der Waals surface area (Å²) in [7, 11) is 0. The Bertz CT molecular complexity index is 746. The Morgan fingerprint density at radius 2 is 1.32 bits per heavy atom. The predicted octanol–water partition coefficient (Wildman–Crippen LogP) is -4.50. The average molecular weight is 490 g/mol. The molecule has 0 aromatic heterocycles. The van der Waals surface area contributed by atoms with Gasteiger partial charge in [-0.25, -0.2) is 4.79 Å². The Labute approximate surface area is 196 Å². The molecule has 0 radical (unpaired) electrons. The number of carbonyl (C=O) groups is 6. The number of nitrogens with two attached hydrogens (primary N) is 4. The van der Waals surface area contributed by atoms with Crippen LogP contribution in [0.25, 0.3) is 0 Å². The number of rotatable bonds is 17. The lowest BCUT2D eigenvalue weighted by Crippen LogP contribution is -2.58. The van der Waals surface area contributed by atoms with Crippen LogP contribution in [0, 0.1) is 0 Å². The molecule has 15 nitrogen and oxygen atoms in total. The van der Waals surface area contributed by atoms with E-state index in [1.807, 2.05) is 0 Å². The number of aliphatic hydroxyl groups excluding tert-OH is 1. The van der Waals surface area contributed by atoms with Gasteiger partial charge in [-0.3, -0.25) is 24.0 Å². The van der Waals surface area contributed by atoms with E-state index in [2.05, 4.69) is 16.0 Å². The number of aliphatic hydroxyl groups is 1. The largest absolute Gasteiger partial charge is 0.480 e. The minimum absolute atomic E-state index is 0.0757. The van der Waals surface area contributed by atoms with Crippen LogP contribution in [0.5, 0.6) is 0 Å². The third kappa shape index (κ3) is 12.1. The summed E-state index contributed by atoms with van der Waals surface area (Å²) in [5.74, 6) is -5.95. The maximum Gasteiger partial charge on any atom is 0.326 e. The number of amides is 5. The number of hydrogen-bond donors (Lipinski definition) is 9. The Kier molecular flexibility index (Phi) is 14.0. The van der Waals surface area contributed by atoms with E-state index in [4.69, 9.17) is 22.9 Å². The molecule has 0 bridgehead atoms. The standard InChI is InChI=1S/C19H35N7O8/c1-9(27)15(23)18(32)26-12(8-14(22)29)17(31)24-10(5-6-13(21)28)16(30)25-11(19(33)34)4-2-3-7-20/h9-12,15,27H,2-8,20,23H2,1H3,(H2,21,28)(H2,22,29)(H,24,31)(H,25,30)(H,26,32)(H,33,34). The van der Waals surface area contributed by atoms with E-state index in [-0.39, 0.29) is 19.3 Å². The molecule has 13 N–H and O–H groups in total. The summed E-state index contributed by atoms with van der Waals surface area (Å²) >= 11 is 0. The minimum Gasteiger partial charge on any atom is -0.480 e. The molecule has 5 atom stereocenters. The number of carbonyl (C=O) groups excluding carboxylic acids is 5. The van der Waals surface area contributed by atoms with Gasteiger partial charge in [-0.2, -0.15) is 0 Å². The SMILES string of the molecule is CC(O)C(N)C(=O)NC(CC(N)=O)C(=O)NC(CCC(N)=O)C(=O)NC(CCCCN)C(=O)O. The van der Waals surface area contributed by atoms with Gasteiger partial charge in [0.1, 0.15) is 24.2 Å². The average Bonchev–Trinajstić information content (AvgIpc) is 2.73. The Hall–Kier alpha value is -3.30. The number of hydrogen-bond acceptors (Lipinski definition) is 9. The van der Waals surface area contributed by atoms with Gasteiger partial charge < -0.3 is 49.1 Å². The lowest BCUT2D eigenvalue weighted by Gasteiger charge is -2.25. The molecule has 0 aromatic carbocycles. The minimum atomic E-state index is -1.56. The van der Waals surface area contributed by atoms with Crippen molar-refractivity contribution in [1.82, 2.24) is 16.0 Å². The van der Waals surface area contributed by atoms with Crippen LogP contribution in [0.3, 0.4) is 0 Å². The van der Waals surface area contributed by atoms with Gasteiger partial charge in [0.05, 0.1) is 12.5 Å². The highest BCUT2D eigenvalue weighted by atomic mass is 16.4. The smallest absolute Gasteiger partial charge is 0.326 e. The van der Waals surface area contributed by atoms with Gasteiger partial charge in [0, 0.05) is 6.42 Å². The van der Waals surface area contributed by atoms with E-state index in [1.165, 1.54) is 6.92 Å². The fourth-order valence-corrected chi connectivity index (χ4v) is 2.75. The fourth-order valence-electron chi connectivity index (χ4n) is 2.75. The van der Waals surface area contributed by atoms with Crippen LogP contribution in [0.15, 0.2) is 0 Å². The zero-order chi connectivity index (χ0) is 26.4. The topological polar surface area (TPSA) is 283 Å². The van der Waals surface area contributed by atoms with E-state index in [9.17, 15) is 39.0 Å². The molecule has 194 valence electrons. The highest BCUT2D eigenvalue weighted by Gasteiger charge is 2.31. The van der Waals surface area contributed by atoms with Crippen LogP contribution < -0.4 is 38.9 Å². The first-order chi connectivity index (χ1) is 15.8. The van der Waals surface area contributed by atoms with Crippen molar-refractivity contribution < 1.29 is 39.0 Å². The molecule has 34 heavy (non-hydrogen) atoms. The van der Waals surface area contributed by atoms with Crippen molar-refractivity contribution in [3.63, 3.8) is 0 Å². The Morgan fingerprint density at radius 1 is 0.794 bits per heavy atom. The lowest BCUT2D eigenvalue weighted by molar-refractivity contribution is -0.142. The predicted molar refractivity (Wildman–Crippen MR) is 118 cm³/mol. The molecular weight excluding hydrogens is 454 g/mol. The van der Waals surface area contributed by atoms with Crippen molar-refractivity contribution in [2.75, 3.05) is 6.54 Å². The summed E-state index contributed by atoms with van der Waals surface area (Å²) in [6, 6.07) is -5.67. The van der Waals surface area contributed by atoms with Crippen molar-refractivity contribution >= 4 is 35.5 Å². The monoisotopic (exact) mass is 489 g/mol. The van der Waals surface area contributed by atoms with Crippen molar-refractivity contribution in [1.29, 1.82) is 0 Å². The number of aliphatic carboxylic acids is 1. The first kappa shape index (κ1) is 30.7. The van der Waals surface area contributed by atoms with Crippen molar-refractivity contribution in [2.45, 2.75) is 75.7 Å². The molecule has 0 saturated heterocycles. The molecule has 0 aliphatic rings. The van der Waals surface area contributed by atoms with E-state index in [1.54, 1.807) is 0 Å². The van der Waals surface area contributed by atoms with Gasteiger partial charge in [-0.05, 0) is 39.2 Å². The maximum atomic E-state index is 12.7. The Morgan fingerprint density at radius 3 is 1.79 bits per heavy atom. The van der Waals surface area contributed by atoms with Crippen LogP contribution in [0.1, 0.15) is 45.4 Å². The second-order valence-electron chi connectivity index (χ2n) is 7.75. The zero-order valence-electron chi connectivity index (χ0n) is 19.0. The van der Waals surface area contributed by atoms with Crippen LogP contribution in [0.4, 0.5) is 0 Å². The quantitative estimate of drug-likeness (QED) is 0.0882. The summed E-state index contributed by atoms with van der Waals surface area (Å²) in [6.45, 7) is 1.58. The molecule has 0 spiro atoms. The highest BCUT2D eigenvalue weighted by Crippen LogP contribution is 2.05. The van der Waals surface area contributed by atoms with Gasteiger partial charge in [-0.1, -0.05) is 0 Å². The lowest BCUT2D eigenvalue weighted by atomic mass is 10.1. The van der Waals surface area contributed by atoms with E-state index >= 15 is 0 Å². The molecular formula is C19H35N7O8. The molecule has 5 unspecified atom stereocenters.